The first-order valence-corrected chi connectivity index (χ1v) is 7.96. The summed E-state index contributed by atoms with van der Waals surface area (Å²) in [5.74, 6) is 0.443. The zero-order valence-electron chi connectivity index (χ0n) is 13.6. The number of rotatable bonds is 4. The fraction of sp³-hybridized carbons (Fsp3) is 0.600. The molecular formula is C15H20ClF3N4O. The Bertz CT molecular complexity index is 587. The predicted molar refractivity (Wildman–Crippen MR) is 86.2 cm³/mol. The van der Waals surface area contributed by atoms with E-state index in [2.05, 4.69) is 9.88 Å². The highest BCUT2D eigenvalue weighted by Crippen LogP contribution is 2.33. The molecule has 0 aromatic carbocycles. The molecule has 0 radical (unpaired) electrons. The minimum absolute atomic E-state index is 0.000982. The summed E-state index contributed by atoms with van der Waals surface area (Å²) in [7, 11) is 3.44. The molecule has 24 heavy (non-hydrogen) atoms. The summed E-state index contributed by atoms with van der Waals surface area (Å²) in [5, 5.41) is 0.000982. The number of piperazine rings is 1. The standard InChI is InChI=1S/C15H20ClF3N4O/c1-21(2)13(24)3-4-22-5-7-23(8-6-22)14-12(16)9-11(10-20-14)15(17,18)19/h9-10H,3-8H2,1-2H3. The van der Waals surface area contributed by atoms with Gasteiger partial charge in [-0.25, -0.2) is 4.98 Å². The molecule has 1 aromatic heterocycles. The predicted octanol–water partition coefficient (Wildman–Crippen LogP) is 2.35. The quantitative estimate of drug-likeness (QED) is 0.822. The number of pyridine rings is 1. The van der Waals surface area contributed by atoms with Crippen molar-refractivity contribution in [1.29, 1.82) is 0 Å². The largest absolute Gasteiger partial charge is 0.417 e. The van der Waals surface area contributed by atoms with Crippen molar-refractivity contribution >= 4 is 23.3 Å². The number of hydrogen-bond acceptors (Lipinski definition) is 4. The molecule has 0 spiro atoms. The normalized spacial score (nSPS) is 16.3. The van der Waals surface area contributed by atoms with E-state index in [4.69, 9.17) is 11.6 Å². The van der Waals surface area contributed by atoms with Crippen LogP contribution in [0.2, 0.25) is 5.02 Å². The van der Waals surface area contributed by atoms with Crippen molar-refractivity contribution in [2.75, 3.05) is 51.7 Å². The first-order chi connectivity index (χ1) is 11.2. The van der Waals surface area contributed by atoms with Gasteiger partial charge in [0.2, 0.25) is 5.91 Å². The van der Waals surface area contributed by atoms with Gasteiger partial charge in [0.05, 0.1) is 10.6 Å². The zero-order valence-corrected chi connectivity index (χ0v) is 14.4. The van der Waals surface area contributed by atoms with Crippen molar-refractivity contribution in [1.82, 2.24) is 14.8 Å². The zero-order chi connectivity index (χ0) is 17.9. The maximum absolute atomic E-state index is 12.6. The summed E-state index contributed by atoms with van der Waals surface area (Å²) in [6, 6.07) is 0.909. The number of hydrogen-bond donors (Lipinski definition) is 0. The molecule has 9 heteroatoms. The lowest BCUT2D eigenvalue weighted by molar-refractivity contribution is -0.137. The molecule has 1 aliphatic rings. The third kappa shape index (κ3) is 4.73. The first-order valence-electron chi connectivity index (χ1n) is 7.58. The van der Waals surface area contributed by atoms with E-state index in [0.29, 0.717) is 45.0 Å². The second-order valence-corrected chi connectivity index (χ2v) is 6.30. The van der Waals surface area contributed by atoms with Crippen molar-refractivity contribution in [3.05, 3.63) is 22.8 Å². The van der Waals surface area contributed by atoms with Gasteiger partial charge in [-0.05, 0) is 6.07 Å². The van der Waals surface area contributed by atoms with Crippen LogP contribution in [0.15, 0.2) is 12.3 Å². The molecular weight excluding hydrogens is 345 g/mol. The van der Waals surface area contributed by atoms with E-state index in [-0.39, 0.29) is 10.9 Å². The molecule has 1 aliphatic heterocycles. The maximum Gasteiger partial charge on any atom is 0.417 e. The molecule has 0 saturated carbocycles. The smallest absolute Gasteiger partial charge is 0.353 e. The van der Waals surface area contributed by atoms with E-state index in [1.54, 1.807) is 19.0 Å². The van der Waals surface area contributed by atoms with Crippen molar-refractivity contribution in [3.63, 3.8) is 0 Å². The average Bonchev–Trinajstić information content (AvgIpc) is 2.52. The molecule has 0 unspecified atom stereocenters. The van der Waals surface area contributed by atoms with Crippen molar-refractivity contribution in [3.8, 4) is 0 Å². The van der Waals surface area contributed by atoms with Gasteiger partial charge in [0, 0.05) is 59.4 Å². The molecule has 5 nitrogen and oxygen atoms in total. The number of anilines is 1. The lowest BCUT2D eigenvalue weighted by atomic mass is 10.2. The van der Waals surface area contributed by atoms with Crippen LogP contribution in [0, 0.1) is 0 Å². The fourth-order valence-electron chi connectivity index (χ4n) is 2.48. The number of alkyl halides is 3. The van der Waals surface area contributed by atoms with Crippen LogP contribution >= 0.6 is 11.6 Å². The van der Waals surface area contributed by atoms with E-state index < -0.39 is 11.7 Å². The minimum Gasteiger partial charge on any atom is -0.353 e. The van der Waals surface area contributed by atoms with Crippen LogP contribution in [0.25, 0.3) is 0 Å². The van der Waals surface area contributed by atoms with Crippen LogP contribution in [0.5, 0.6) is 0 Å². The highest BCUT2D eigenvalue weighted by Gasteiger charge is 2.32. The van der Waals surface area contributed by atoms with E-state index in [0.717, 1.165) is 12.3 Å². The monoisotopic (exact) mass is 364 g/mol. The maximum atomic E-state index is 12.6. The van der Waals surface area contributed by atoms with E-state index >= 15 is 0 Å². The molecule has 1 fully saturated rings. The van der Waals surface area contributed by atoms with Gasteiger partial charge in [-0.1, -0.05) is 11.6 Å². The Hall–Kier alpha value is -1.54. The van der Waals surface area contributed by atoms with Crippen LogP contribution in [-0.2, 0) is 11.0 Å². The SMILES string of the molecule is CN(C)C(=O)CCN1CCN(c2ncc(C(F)(F)F)cc2Cl)CC1. The van der Waals surface area contributed by atoms with Crippen LogP contribution in [0.1, 0.15) is 12.0 Å². The van der Waals surface area contributed by atoms with Crippen molar-refractivity contribution < 1.29 is 18.0 Å². The topological polar surface area (TPSA) is 39.7 Å². The molecule has 0 N–H and O–H groups in total. The summed E-state index contributed by atoms with van der Waals surface area (Å²) in [6.45, 7) is 3.29. The van der Waals surface area contributed by atoms with Gasteiger partial charge in [-0.3, -0.25) is 9.69 Å². The Morgan fingerprint density at radius 2 is 1.92 bits per heavy atom. The number of halogens is 4. The number of carbonyl (C=O) groups excluding carboxylic acids is 1. The lowest BCUT2D eigenvalue weighted by Crippen LogP contribution is -2.47. The Balaban J connectivity index is 1.92. The van der Waals surface area contributed by atoms with Crippen LogP contribution in [-0.4, -0.2) is 67.5 Å². The summed E-state index contributed by atoms with van der Waals surface area (Å²) >= 11 is 5.97. The van der Waals surface area contributed by atoms with Crippen LogP contribution < -0.4 is 4.90 Å². The first kappa shape index (κ1) is 18.8. The highest BCUT2D eigenvalue weighted by molar-refractivity contribution is 6.33. The summed E-state index contributed by atoms with van der Waals surface area (Å²) in [5.41, 5.74) is -0.850. The van der Waals surface area contributed by atoms with Gasteiger partial charge < -0.3 is 9.80 Å². The number of nitrogens with zero attached hydrogens (tertiary/aromatic N) is 4. The molecule has 0 aliphatic carbocycles. The molecule has 134 valence electrons. The van der Waals surface area contributed by atoms with Gasteiger partial charge in [0.1, 0.15) is 5.82 Å². The van der Waals surface area contributed by atoms with Gasteiger partial charge in [-0.2, -0.15) is 13.2 Å². The molecule has 1 aromatic rings. The van der Waals surface area contributed by atoms with Gasteiger partial charge >= 0.3 is 6.18 Å². The minimum atomic E-state index is -4.45. The third-order valence-corrected chi connectivity index (χ3v) is 4.24. The van der Waals surface area contributed by atoms with Gasteiger partial charge in [0.25, 0.3) is 0 Å². The molecule has 0 bridgehead atoms. The summed E-state index contributed by atoms with van der Waals surface area (Å²) < 4.78 is 37.9. The second-order valence-electron chi connectivity index (χ2n) is 5.89. The molecule has 2 rings (SSSR count). The molecule has 2 heterocycles. The molecule has 1 saturated heterocycles. The van der Waals surface area contributed by atoms with Crippen molar-refractivity contribution in [2.45, 2.75) is 12.6 Å². The van der Waals surface area contributed by atoms with E-state index in [9.17, 15) is 18.0 Å². The lowest BCUT2D eigenvalue weighted by Gasteiger charge is -2.35. The Labute approximate surface area is 144 Å². The second kappa shape index (κ2) is 7.57. The average molecular weight is 365 g/mol. The van der Waals surface area contributed by atoms with Crippen molar-refractivity contribution in [2.24, 2.45) is 0 Å². The number of carbonyl (C=O) groups is 1. The number of aromatic nitrogens is 1. The van der Waals surface area contributed by atoms with Crippen LogP contribution in [0.4, 0.5) is 19.0 Å². The highest BCUT2D eigenvalue weighted by atomic mass is 35.5. The molecule has 0 atom stereocenters. The number of amides is 1. The Morgan fingerprint density at radius 3 is 2.42 bits per heavy atom. The molecule has 1 amide bonds. The fourth-order valence-corrected chi connectivity index (χ4v) is 2.76. The Morgan fingerprint density at radius 1 is 1.29 bits per heavy atom. The van der Waals surface area contributed by atoms with E-state index in [1.165, 1.54) is 0 Å². The van der Waals surface area contributed by atoms with Gasteiger partial charge in [0.15, 0.2) is 0 Å². The summed E-state index contributed by atoms with van der Waals surface area (Å²) in [4.78, 5) is 21.1. The third-order valence-electron chi connectivity index (χ3n) is 3.96. The van der Waals surface area contributed by atoms with Crippen LogP contribution in [0.3, 0.4) is 0 Å². The van der Waals surface area contributed by atoms with E-state index in [1.807, 2.05) is 4.90 Å². The summed E-state index contributed by atoms with van der Waals surface area (Å²) in [6.07, 6.45) is -3.19. The Kier molecular flexibility index (Phi) is 5.92. The van der Waals surface area contributed by atoms with Gasteiger partial charge in [-0.15, -0.1) is 0 Å².